The Morgan fingerprint density at radius 3 is 1.36 bits per heavy atom. The van der Waals surface area contributed by atoms with E-state index in [-0.39, 0.29) is 0 Å². The molecule has 0 saturated heterocycles. The molecule has 0 nitrogen and oxygen atoms in total. The van der Waals surface area contributed by atoms with Crippen molar-refractivity contribution in [2.45, 2.75) is 54.4 Å². The van der Waals surface area contributed by atoms with E-state index in [1.165, 1.54) is 12.8 Å². The Morgan fingerprint density at radius 1 is 0.909 bits per heavy atom. The lowest BCUT2D eigenvalue weighted by atomic mass is 9.61. The van der Waals surface area contributed by atoms with Gasteiger partial charge < -0.3 is 0 Å². The fraction of sp³-hybridized carbons (Fsp3) is 1.00. The molecule has 0 N–H and O–H groups in total. The van der Waals surface area contributed by atoms with Crippen molar-refractivity contribution in [3.8, 4) is 0 Å². The summed E-state index contributed by atoms with van der Waals surface area (Å²) in [7, 11) is 0. The number of rotatable bonds is 1. The lowest BCUT2D eigenvalue weighted by Crippen LogP contribution is -2.36. The minimum absolute atomic E-state index is 0.443. The van der Waals surface area contributed by atoms with Gasteiger partial charge in [-0.25, -0.2) is 0 Å². The summed E-state index contributed by atoms with van der Waals surface area (Å²) in [5.74, 6) is 0. The van der Waals surface area contributed by atoms with Crippen molar-refractivity contribution in [1.82, 2.24) is 0 Å². The fourth-order valence-corrected chi connectivity index (χ4v) is 1.72. The second kappa shape index (κ2) is 2.02. The summed E-state index contributed by atoms with van der Waals surface area (Å²) in [6.45, 7) is 14.3. The van der Waals surface area contributed by atoms with Crippen molar-refractivity contribution in [3.63, 3.8) is 0 Å². The normalized spacial score (nSPS) is 23.5. The van der Waals surface area contributed by atoms with Gasteiger partial charge in [0.05, 0.1) is 0 Å². The van der Waals surface area contributed by atoms with Crippen molar-refractivity contribution in [2.75, 3.05) is 0 Å². The second-order valence-corrected chi connectivity index (χ2v) is 5.94. The van der Waals surface area contributed by atoms with E-state index in [4.69, 9.17) is 0 Å². The van der Waals surface area contributed by atoms with Crippen LogP contribution in [0.25, 0.3) is 0 Å². The molecule has 1 rings (SSSR count). The molecule has 0 aromatic rings. The van der Waals surface area contributed by atoms with Gasteiger partial charge in [-0.2, -0.15) is 0 Å². The van der Waals surface area contributed by atoms with Crippen LogP contribution in [-0.4, -0.2) is 0 Å². The zero-order chi connectivity index (χ0) is 8.91. The molecule has 0 radical (unpaired) electrons. The molecule has 0 unspecified atom stereocenters. The first-order valence-corrected chi connectivity index (χ1v) is 4.71. The molecule has 0 heterocycles. The predicted octanol–water partition coefficient (Wildman–Crippen LogP) is 3.86. The van der Waals surface area contributed by atoms with Crippen molar-refractivity contribution in [3.05, 3.63) is 0 Å². The summed E-state index contributed by atoms with van der Waals surface area (Å²) >= 11 is 0. The Balaban J connectivity index is 2.82. The third-order valence-electron chi connectivity index (χ3n) is 4.38. The molecule has 0 bridgehead atoms. The van der Waals surface area contributed by atoms with Gasteiger partial charge in [0.2, 0.25) is 0 Å². The first kappa shape index (κ1) is 9.09. The predicted molar refractivity (Wildman–Crippen MR) is 50.6 cm³/mol. The lowest BCUT2D eigenvalue weighted by molar-refractivity contribution is 0.0480. The Kier molecular flexibility index (Phi) is 1.67. The first-order chi connectivity index (χ1) is 4.71. The Labute approximate surface area is 71.4 Å². The van der Waals surface area contributed by atoms with Gasteiger partial charge >= 0.3 is 0 Å². The van der Waals surface area contributed by atoms with Crippen LogP contribution in [0.5, 0.6) is 0 Å². The molecule has 0 aromatic heterocycles. The Bertz CT molecular complexity index is 146. The van der Waals surface area contributed by atoms with E-state index in [2.05, 4.69) is 41.5 Å². The van der Waals surface area contributed by atoms with Crippen LogP contribution >= 0.6 is 0 Å². The average Bonchev–Trinajstić information content (AvgIpc) is 2.45. The summed E-state index contributed by atoms with van der Waals surface area (Å²) in [5, 5.41) is 0. The Morgan fingerprint density at radius 2 is 1.27 bits per heavy atom. The number of hydrogen-bond donors (Lipinski definition) is 0. The largest absolute Gasteiger partial charge is 0.0596 e. The lowest BCUT2D eigenvalue weighted by Gasteiger charge is -2.44. The van der Waals surface area contributed by atoms with Gasteiger partial charge in [-0.1, -0.05) is 41.5 Å². The quantitative estimate of drug-likeness (QED) is 0.538. The van der Waals surface area contributed by atoms with Crippen molar-refractivity contribution in [2.24, 2.45) is 16.2 Å². The van der Waals surface area contributed by atoms with Gasteiger partial charge in [0, 0.05) is 0 Å². The standard InChI is InChI=1S/C11H22/c1-9(2,3)10(4,5)11(6)7-8-11/h7-8H2,1-6H3. The van der Waals surface area contributed by atoms with Gasteiger partial charge in [0.15, 0.2) is 0 Å². The Hall–Kier alpha value is 0. The van der Waals surface area contributed by atoms with Crippen LogP contribution in [0, 0.1) is 16.2 Å². The van der Waals surface area contributed by atoms with Crippen molar-refractivity contribution < 1.29 is 0 Å². The van der Waals surface area contributed by atoms with E-state index >= 15 is 0 Å². The van der Waals surface area contributed by atoms with Crippen LogP contribution in [-0.2, 0) is 0 Å². The maximum atomic E-state index is 2.43. The SMILES string of the molecule is CC(C)(C)C(C)(C)C1(C)CC1. The number of hydrogen-bond acceptors (Lipinski definition) is 0. The minimum Gasteiger partial charge on any atom is -0.0596 e. The summed E-state index contributed by atoms with van der Waals surface area (Å²) in [5.41, 5.74) is 1.56. The van der Waals surface area contributed by atoms with E-state index in [0.29, 0.717) is 16.2 Å². The summed E-state index contributed by atoms with van der Waals surface area (Å²) in [6.07, 6.45) is 2.86. The molecule has 0 amide bonds. The molecule has 0 spiro atoms. The van der Waals surface area contributed by atoms with Crippen LogP contribution in [0.3, 0.4) is 0 Å². The molecule has 0 aromatic carbocycles. The minimum atomic E-state index is 0.443. The topological polar surface area (TPSA) is 0 Å². The van der Waals surface area contributed by atoms with E-state index in [9.17, 15) is 0 Å². The highest BCUT2D eigenvalue weighted by Crippen LogP contribution is 2.64. The second-order valence-electron chi connectivity index (χ2n) is 5.94. The molecule has 1 aliphatic carbocycles. The maximum Gasteiger partial charge on any atom is -0.0252 e. The van der Waals surface area contributed by atoms with Crippen LogP contribution in [0.15, 0.2) is 0 Å². The highest BCUT2D eigenvalue weighted by molar-refractivity contribution is 5.04. The molecule has 1 fully saturated rings. The zero-order valence-electron chi connectivity index (χ0n) is 8.91. The molecule has 11 heavy (non-hydrogen) atoms. The third kappa shape index (κ3) is 1.21. The zero-order valence-corrected chi connectivity index (χ0v) is 8.91. The fourth-order valence-electron chi connectivity index (χ4n) is 1.72. The maximum absolute atomic E-state index is 2.43. The third-order valence-corrected chi connectivity index (χ3v) is 4.38. The molecule has 0 aliphatic heterocycles. The van der Waals surface area contributed by atoms with Crippen LogP contribution in [0.1, 0.15) is 54.4 Å². The van der Waals surface area contributed by atoms with Gasteiger partial charge in [-0.3, -0.25) is 0 Å². The van der Waals surface area contributed by atoms with E-state index in [0.717, 1.165) is 0 Å². The van der Waals surface area contributed by atoms with Gasteiger partial charge in [0.1, 0.15) is 0 Å². The molecule has 0 atom stereocenters. The van der Waals surface area contributed by atoms with Gasteiger partial charge in [-0.05, 0) is 29.1 Å². The first-order valence-electron chi connectivity index (χ1n) is 4.71. The van der Waals surface area contributed by atoms with Gasteiger partial charge in [-0.15, -0.1) is 0 Å². The molecule has 0 heteroatoms. The smallest absolute Gasteiger partial charge is 0.0252 e. The summed E-state index contributed by atoms with van der Waals surface area (Å²) in [6, 6.07) is 0. The van der Waals surface area contributed by atoms with E-state index in [1.807, 2.05) is 0 Å². The van der Waals surface area contributed by atoms with Crippen LogP contribution in [0.4, 0.5) is 0 Å². The van der Waals surface area contributed by atoms with Gasteiger partial charge in [0.25, 0.3) is 0 Å². The van der Waals surface area contributed by atoms with E-state index in [1.54, 1.807) is 0 Å². The molecular weight excluding hydrogens is 132 g/mol. The summed E-state index contributed by atoms with van der Waals surface area (Å²) < 4.78 is 0. The van der Waals surface area contributed by atoms with Crippen LogP contribution < -0.4 is 0 Å². The van der Waals surface area contributed by atoms with Crippen molar-refractivity contribution in [1.29, 1.82) is 0 Å². The molecule has 66 valence electrons. The van der Waals surface area contributed by atoms with Crippen molar-refractivity contribution >= 4 is 0 Å². The van der Waals surface area contributed by atoms with E-state index < -0.39 is 0 Å². The molecule has 1 aliphatic rings. The molecular formula is C11H22. The monoisotopic (exact) mass is 154 g/mol. The summed E-state index contributed by atoms with van der Waals surface area (Å²) in [4.78, 5) is 0. The highest BCUT2D eigenvalue weighted by Gasteiger charge is 2.54. The molecule has 1 saturated carbocycles. The van der Waals surface area contributed by atoms with Crippen LogP contribution in [0.2, 0.25) is 0 Å². The highest BCUT2D eigenvalue weighted by atomic mass is 14.6. The average molecular weight is 154 g/mol.